The van der Waals surface area contributed by atoms with Crippen LogP contribution < -0.4 is 5.32 Å². The molecule has 3 aromatic carbocycles. The highest BCUT2D eigenvalue weighted by Gasteiger charge is 2.42. The molecular formula is C29H30N5O9P. The van der Waals surface area contributed by atoms with E-state index in [1.54, 1.807) is 10.6 Å². The van der Waals surface area contributed by atoms with Gasteiger partial charge in [-0.2, -0.15) is 0 Å². The van der Waals surface area contributed by atoms with E-state index >= 15 is 0 Å². The van der Waals surface area contributed by atoms with Gasteiger partial charge in [0.1, 0.15) is 37.0 Å². The Morgan fingerprint density at radius 3 is 2.61 bits per heavy atom. The quantitative estimate of drug-likeness (QED) is 0.107. The van der Waals surface area contributed by atoms with Gasteiger partial charge in [0.25, 0.3) is 0 Å². The number of nitrogens with one attached hydrogen (secondary N) is 1. The topological polar surface area (TPSA) is 213 Å². The zero-order valence-electron chi connectivity index (χ0n) is 23.3. The molecule has 1 saturated heterocycles. The van der Waals surface area contributed by atoms with Crippen LogP contribution in [0.5, 0.6) is 0 Å². The Morgan fingerprint density at radius 1 is 1.02 bits per heavy atom. The van der Waals surface area contributed by atoms with Crippen LogP contribution in [0.25, 0.3) is 32.7 Å². The standard InChI is InChI=1S/C29H30N5O9P/c1-13-15-5-3-2-4-14(15)8-18-16(13)6-7-17-22(18)23(26(37)27(38)25(17)36)33-28-24-29(31-11-30-28)34(12-32-24)21-9-19(35)20(43-21)10-42-44(39,40)41/h2-8,11-12,19-21,23,25-27,35-38H,9-10H2,1H3,(H,30,31,33)(H2,39,40,41). The maximum atomic E-state index is 11.3. The van der Waals surface area contributed by atoms with Crippen molar-refractivity contribution in [2.75, 3.05) is 11.9 Å². The van der Waals surface area contributed by atoms with Crippen molar-refractivity contribution >= 4 is 46.3 Å². The van der Waals surface area contributed by atoms with Crippen LogP contribution in [0.1, 0.15) is 41.5 Å². The highest BCUT2D eigenvalue weighted by molar-refractivity contribution is 7.46. The second-order valence-electron chi connectivity index (χ2n) is 11.2. The fraction of sp³-hybridized carbons (Fsp3) is 0.345. The summed E-state index contributed by atoms with van der Waals surface area (Å²) in [7, 11) is -4.75. The molecule has 2 aliphatic rings. The number of phosphoric acid groups is 1. The minimum Gasteiger partial charge on any atom is -0.390 e. The van der Waals surface area contributed by atoms with E-state index in [-0.39, 0.29) is 12.2 Å². The zero-order chi connectivity index (χ0) is 30.9. The minimum absolute atomic E-state index is 0.0888. The number of ether oxygens (including phenoxy) is 1. The molecule has 0 bridgehead atoms. The molecule has 7 N–H and O–H groups in total. The number of aryl methyl sites for hydroxylation is 1. The molecule has 0 spiro atoms. The van der Waals surface area contributed by atoms with E-state index in [4.69, 9.17) is 14.5 Å². The number of hydrogen-bond donors (Lipinski definition) is 7. The molecule has 1 aliphatic carbocycles. The van der Waals surface area contributed by atoms with Gasteiger partial charge in [-0.15, -0.1) is 0 Å². The third-order valence-electron chi connectivity index (χ3n) is 8.61. The van der Waals surface area contributed by atoms with Crippen molar-refractivity contribution < 1.29 is 44.0 Å². The molecule has 3 heterocycles. The van der Waals surface area contributed by atoms with Gasteiger partial charge in [-0.25, -0.2) is 19.5 Å². The molecule has 7 atom stereocenters. The summed E-state index contributed by atoms with van der Waals surface area (Å²) < 4.78 is 23.0. The predicted octanol–water partition coefficient (Wildman–Crippen LogP) is 2.12. The van der Waals surface area contributed by atoms with Crippen LogP contribution >= 0.6 is 7.82 Å². The molecule has 7 unspecified atom stereocenters. The van der Waals surface area contributed by atoms with E-state index in [0.717, 1.165) is 27.1 Å². The number of nitrogens with zero attached hydrogens (tertiary/aromatic N) is 4. The molecule has 0 saturated carbocycles. The summed E-state index contributed by atoms with van der Waals surface area (Å²) in [6.45, 7) is 1.52. The summed E-state index contributed by atoms with van der Waals surface area (Å²) in [5.74, 6) is 0.252. The second-order valence-corrected chi connectivity index (χ2v) is 12.4. The van der Waals surface area contributed by atoms with E-state index in [9.17, 15) is 25.0 Å². The summed E-state index contributed by atoms with van der Waals surface area (Å²) in [6.07, 6.45) is -4.18. The van der Waals surface area contributed by atoms with Crippen LogP contribution in [0.3, 0.4) is 0 Å². The highest BCUT2D eigenvalue weighted by Crippen LogP contribution is 2.45. The summed E-state index contributed by atoms with van der Waals surface area (Å²) in [6, 6.07) is 12.8. The lowest BCUT2D eigenvalue weighted by molar-refractivity contribution is -0.0766. The molecule has 15 heteroatoms. The second kappa shape index (κ2) is 10.8. The Balaban J connectivity index is 1.28. The van der Waals surface area contributed by atoms with E-state index < -0.39 is 57.2 Å². The fourth-order valence-corrected chi connectivity index (χ4v) is 6.77. The Labute approximate surface area is 249 Å². The average molecular weight is 624 g/mol. The lowest BCUT2D eigenvalue weighted by Gasteiger charge is -2.38. The maximum Gasteiger partial charge on any atom is 0.469 e. The van der Waals surface area contributed by atoms with Crippen molar-refractivity contribution in [1.29, 1.82) is 0 Å². The molecule has 1 aliphatic heterocycles. The number of aliphatic hydroxyl groups excluding tert-OH is 4. The van der Waals surface area contributed by atoms with Gasteiger partial charge < -0.3 is 40.3 Å². The number of anilines is 1. The molecule has 44 heavy (non-hydrogen) atoms. The van der Waals surface area contributed by atoms with Gasteiger partial charge in [-0.1, -0.05) is 36.4 Å². The molecule has 230 valence electrons. The number of hydrogen-bond acceptors (Lipinski definition) is 11. The first kappa shape index (κ1) is 29.2. The SMILES string of the molecule is Cc1c2ccccc2cc2c3c(ccc12)C(O)C(O)C(O)C3Nc1ncnc2c1ncn2C1CC(O)C(COP(=O)(O)O)O1. The number of aromatic nitrogens is 4. The number of rotatable bonds is 6. The van der Waals surface area contributed by atoms with Gasteiger partial charge in [0, 0.05) is 6.42 Å². The lowest BCUT2D eigenvalue weighted by Crippen LogP contribution is -2.44. The number of imidazole rings is 1. The third kappa shape index (κ3) is 4.85. The van der Waals surface area contributed by atoms with E-state index in [0.29, 0.717) is 22.3 Å². The van der Waals surface area contributed by atoms with Crippen LogP contribution in [-0.2, 0) is 13.8 Å². The van der Waals surface area contributed by atoms with Crippen molar-refractivity contribution in [2.45, 2.75) is 56.1 Å². The summed E-state index contributed by atoms with van der Waals surface area (Å²) >= 11 is 0. The fourth-order valence-electron chi connectivity index (χ4n) is 6.42. The Kier molecular flexibility index (Phi) is 7.16. The monoisotopic (exact) mass is 623 g/mol. The Hall–Kier alpha value is -3.56. The van der Waals surface area contributed by atoms with Gasteiger partial charge in [-0.05, 0) is 51.2 Å². The normalized spacial score (nSPS) is 27.3. The van der Waals surface area contributed by atoms with Crippen molar-refractivity contribution in [3.8, 4) is 0 Å². The van der Waals surface area contributed by atoms with Crippen LogP contribution in [0, 0.1) is 6.92 Å². The van der Waals surface area contributed by atoms with Crippen LogP contribution in [0.15, 0.2) is 55.1 Å². The first-order valence-corrected chi connectivity index (χ1v) is 15.5. The van der Waals surface area contributed by atoms with Crippen LogP contribution in [0.2, 0.25) is 0 Å². The molecule has 1 fully saturated rings. The third-order valence-corrected chi connectivity index (χ3v) is 9.09. The lowest BCUT2D eigenvalue weighted by atomic mass is 9.78. The van der Waals surface area contributed by atoms with Gasteiger partial charge in [-0.3, -0.25) is 9.09 Å². The number of phosphoric ester groups is 1. The van der Waals surface area contributed by atoms with Crippen molar-refractivity contribution in [3.63, 3.8) is 0 Å². The average Bonchev–Trinajstić information content (AvgIpc) is 3.60. The summed E-state index contributed by atoms with van der Waals surface area (Å²) in [5.41, 5.74) is 2.80. The summed E-state index contributed by atoms with van der Waals surface area (Å²) in [4.78, 5) is 31.2. The number of fused-ring (bicyclic) bond motifs is 5. The molecule has 2 aromatic heterocycles. The maximum absolute atomic E-state index is 11.3. The largest absolute Gasteiger partial charge is 0.469 e. The summed E-state index contributed by atoms with van der Waals surface area (Å²) in [5, 5.41) is 50.7. The van der Waals surface area contributed by atoms with E-state index in [1.165, 1.54) is 12.7 Å². The van der Waals surface area contributed by atoms with Crippen LogP contribution in [-0.4, -0.2) is 80.8 Å². The van der Waals surface area contributed by atoms with Crippen LogP contribution in [0.4, 0.5) is 5.82 Å². The van der Waals surface area contributed by atoms with Crippen molar-refractivity contribution in [1.82, 2.24) is 19.5 Å². The smallest absolute Gasteiger partial charge is 0.390 e. The molecule has 0 radical (unpaired) electrons. The van der Waals surface area contributed by atoms with Gasteiger partial charge in [0.15, 0.2) is 17.0 Å². The van der Waals surface area contributed by atoms with E-state index in [2.05, 4.69) is 24.8 Å². The highest BCUT2D eigenvalue weighted by atomic mass is 31.2. The minimum atomic E-state index is -4.75. The van der Waals surface area contributed by atoms with Gasteiger partial charge in [0.2, 0.25) is 0 Å². The van der Waals surface area contributed by atoms with Crippen molar-refractivity contribution in [2.24, 2.45) is 0 Å². The first-order chi connectivity index (χ1) is 21.0. The number of benzene rings is 3. The first-order valence-electron chi connectivity index (χ1n) is 14.0. The number of aliphatic hydroxyl groups is 4. The van der Waals surface area contributed by atoms with Crippen molar-refractivity contribution in [3.05, 3.63) is 71.8 Å². The van der Waals surface area contributed by atoms with Gasteiger partial charge >= 0.3 is 7.82 Å². The Morgan fingerprint density at radius 2 is 1.82 bits per heavy atom. The molecule has 7 rings (SSSR count). The molecule has 0 amide bonds. The molecular weight excluding hydrogens is 593 g/mol. The van der Waals surface area contributed by atoms with E-state index in [1.807, 2.05) is 43.3 Å². The zero-order valence-corrected chi connectivity index (χ0v) is 24.2. The molecule has 14 nitrogen and oxygen atoms in total. The molecule has 5 aromatic rings. The van der Waals surface area contributed by atoms with Gasteiger partial charge in [0.05, 0.1) is 25.1 Å². The predicted molar refractivity (Wildman–Crippen MR) is 157 cm³/mol. The Bertz CT molecular complexity index is 1950.